The van der Waals surface area contributed by atoms with Crippen LogP contribution in [0.3, 0.4) is 0 Å². The molecule has 0 aliphatic heterocycles. The molecule has 0 heterocycles. The molecule has 0 spiro atoms. The predicted octanol–water partition coefficient (Wildman–Crippen LogP) is -3.10. The average molecular weight is 376 g/mol. The van der Waals surface area contributed by atoms with Gasteiger partial charge < -0.3 is 37.0 Å². The first-order valence-electron chi connectivity index (χ1n) is 8.10. The molecule has 11 heteroatoms. The Balaban J connectivity index is 4.83. The lowest BCUT2D eigenvalue weighted by Gasteiger charge is -2.23. The quantitative estimate of drug-likeness (QED) is 0.208. The van der Waals surface area contributed by atoms with Crippen molar-refractivity contribution in [2.24, 2.45) is 11.7 Å². The molecule has 150 valence electrons. The number of aliphatic hydroxyl groups excluding tert-OH is 2. The number of carbonyl (C=O) groups is 4. The molecule has 26 heavy (non-hydrogen) atoms. The summed E-state index contributed by atoms with van der Waals surface area (Å²) in [6, 6.07) is -4.92. The lowest BCUT2D eigenvalue weighted by molar-refractivity contribution is -0.145. The Kier molecular flexibility index (Phi) is 9.76. The first-order valence-corrected chi connectivity index (χ1v) is 8.10. The molecule has 0 saturated heterocycles. The number of carboxylic acids is 1. The van der Waals surface area contributed by atoms with Crippen molar-refractivity contribution in [2.75, 3.05) is 6.61 Å². The Labute approximate surface area is 151 Å². The maximum absolute atomic E-state index is 12.1. The summed E-state index contributed by atoms with van der Waals surface area (Å²) in [7, 11) is 0. The van der Waals surface area contributed by atoms with Gasteiger partial charge in [-0.15, -0.1) is 0 Å². The molecule has 0 radical (unpaired) electrons. The van der Waals surface area contributed by atoms with Gasteiger partial charge in [-0.05, 0) is 19.8 Å². The number of carbonyl (C=O) groups excluding carboxylic acids is 3. The molecule has 0 saturated carbocycles. The molecule has 0 aromatic carbocycles. The van der Waals surface area contributed by atoms with Crippen molar-refractivity contribution in [1.82, 2.24) is 16.0 Å². The van der Waals surface area contributed by atoms with Crippen molar-refractivity contribution < 1.29 is 34.5 Å². The molecule has 8 N–H and O–H groups in total. The van der Waals surface area contributed by atoms with Crippen molar-refractivity contribution in [3.05, 3.63) is 0 Å². The van der Waals surface area contributed by atoms with E-state index in [1.165, 1.54) is 13.8 Å². The normalized spacial score (nSPS) is 16.8. The van der Waals surface area contributed by atoms with E-state index < -0.39 is 60.6 Å². The molecule has 0 aromatic heterocycles. The number of hydrogen-bond acceptors (Lipinski definition) is 7. The van der Waals surface area contributed by atoms with Gasteiger partial charge in [-0.1, -0.05) is 13.8 Å². The van der Waals surface area contributed by atoms with Gasteiger partial charge in [0, 0.05) is 0 Å². The first kappa shape index (κ1) is 23.8. The predicted molar refractivity (Wildman–Crippen MR) is 90.7 cm³/mol. The highest BCUT2D eigenvalue weighted by molar-refractivity contribution is 5.94. The van der Waals surface area contributed by atoms with Gasteiger partial charge in [0.05, 0.1) is 18.8 Å². The maximum Gasteiger partial charge on any atom is 0.328 e. The smallest absolute Gasteiger partial charge is 0.328 e. The van der Waals surface area contributed by atoms with Gasteiger partial charge in [0.2, 0.25) is 17.7 Å². The number of amides is 3. The largest absolute Gasteiger partial charge is 0.480 e. The van der Waals surface area contributed by atoms with Crippen LogP contribution < -0.4 is 21.7 Å². The second-order valence-electron chi connectivity index (χ2n) is 6.31. The Hall–Kier alpha value is -2.24. The topological polar surface area (TPSA) is 191 Å². The molecule has 0 bridgehead atoms. The monoisotopic (exact) mass is 376 g/mol. The number of rotatable bonds is 10. The number of aliphatic carboxylic acids is 1. The van der Waals surface area contributed by atoms with E-state index in [1.807, 2.05) is 5.32 Å². The van der Waals surface area contributed by atoms with Crippen molar-refractivity contribution in [2.45, 2.75) is 58.0 Å². The lowest BCUT2D eigenvalue weighted by Crippen LogP contribution is -2.58. The van der Waals surface area contributed by atoms with Crippen molar-refractivity contribution >= 4 is 23.7 Å². The second-order valence-corrected chi connectivity index (χ2v) is 6.31. The Bertz CT molecular complexity index is 524. The van der Waals surface area contributed by atoms with Gasteiger partial charge >= 0.3 is 5.97 Å². The van der Waals surface area contributed by atoms with E-state index >= 15 is 0 Å². The Morgan fingerprint density at radius 1 is 0.923 bits per heavy atom. The van der Waals surface area contributed by atoms with Crippen molar-refractivity contribution in [1.29, 1.82) is 0 Å². The van der Waals surface area contributed by atoms with Crippen LogP contribution in [0.25, 0.3) is 0 Å². The first-order chi connectivity index (χ1) is 11.9. The second kappa shape index (κ2) is 10.7. The Morgan fingerprint density at radius 2 is 1.46 bits per heavy atom. The molecule has 0 aromatic rings. The summed E-state index contributed by atoms with van der Waals surface area (Å²) in [5.41, 5.74) is 5.67. The minimum atomic E-state index is -1.60. The molecule has 5 unspecified atom stereocenters. The number of nitrogens with one attached hydrogen (secondary N) is 3. The number of aliphatic hydroxyl groups is 2. The van der Waals surface area contributed by atoms with Crippen LogP contribution in [0.5, 0.6) is 0 Å². The van der Waals surface area contributed by atoms with Gasteiger partial charge in [-0.3, -0.25) is 14.4 Å². The van der Waals surface area contributed by atoms with Crippen LogP contribution in [0.4, 0.5) is 0 Å². The molecule has 0 aliphatic carbocycles. The zero-order valence-electron chi connectivity index (χ0n) is 15.2. The highest BCUT2D eigenvalue weighted by Gasteiger charge is 2.30. The van der Waals surface area contributed by atoms with E-state index in [1.54, 1.807) is 13.8 Å². The summed E-state index contributed by atoms with van der Waals surface area (Å²) in [6.07, 6.45) is -1.39. The fraction of sp³-hybridized carbons (Fsp3) is 0.733. The molecule has 0 rings (SSSR count). The van der Waals surface area contributed by atoms with Crippen LogP contribution in [-0.2, 0) is 19.2 Å². The van der Waals surface area contributed by atoms with E-state index in [2.05, 4.69) is 10.6 Å². The summed E-state index contributed by atoms with van der Waals surface area (Å²) in [6.45, 7) is 5.20. The van der Waals surface area contributed by atoms with Gasteiger partial charge in [-0.25, -0.2) is 4.79 Å². The lowest BCUT2D eigenvalue weighted by atomic mass is 10.0. The SMILES string of the molecule is CC(NC(=O)C(N)C(C)C)C(=O)NC(CO)C(=O)NC(C(=O)O)C(C)O. The standard InChI is InChI=1S/C15H28N4O7/c1-6(2)10(16)14(24)17-7(3)12(22)18-9(5-20)13(23)19-11(8(4)21)15(25)26/h6-11,20-21H,5,16H2,1-4H3,(H,17,24)(H,18,22)(H,19,23)(H,25,26). The Morgan fingerprint density at radius 3 is 1.85 bits per heavy atom. The van der Waals surface area contributed by atoms with Crippen molar-refractivity contribution in [3.63, 3.8) is 0 Å². The number of carboxylic acid groups (broad SMARTS) is 1. The van der Waals surface area contributed by atoms with Gasteiger partial charge in [0.15, 0.2) is 6.04 Å². The van der Waals surface area contributed by atoms with E-state index in [4.69, 9.17) is 10.8 Å². The molecular formula is C15H28N4O7. The summed E-state index contributed by atoms with van der Waals surface area (Å²) < 4.78 is 0. The van der Waals surface area contributed by atoms with E-state index in [9.17, 15) is 29.4 Å². The van der Waals surface area contributed by atoms with Gasteiger partial charge in [0.1, 0.15) is 12.1 Å². The van der Waals surface area contributed by atoms with Crippen LogP contribution in [-0.4, -0.2) is 75.9 Å². The highest BCUT2D eigenvalue weighted by atomic mass is 16.4. The number of hydrogen-bond donors (Lipinski definition) is 7. The van der Waals surface area contributed by atoms with Gasteiger partial charge in [-0.2, -0.15) is 0 Å². The average Bonchev–Trinajstić information content (AvgIpc) is 2.55. The molecule has 5 atom stereocenters. The van der Waals surface area contributed by atoms with Crippen molar-refractivity contribution in [3.8, 4) is 0 Å². The van der Waals surface area contributed by atoms with Crippen LogP contribution in [0, 0.1) is 5.92 Å². The highest BCUT2D eigenvalue weighted by Crippen LogP contribution is 1.99. The fourth-order valence-corrected chi connectivity index (χ4v) is 1.81. The minimum Gasteiger partial charge on any atom is -0.480 e. The third-order valence-electron chi connectivity index (χ3n) is 3.63. The van der Waals surface area contributed by atoms with Crippen LogP contribution in [0.15, 0.2) is 0 Å². The molecular weight excluding hydrogens is 348 g/mol. The molecule has 11 nitrogen and oxygen atoms in total. The van der Waals surface area contributed by atoms with E-state index in [0.717, 1.165) is 0 Å². The molecule has 0 aliphatic rings. The zero-order valence-corrected chi connectivity index (χ0v) is 15.2. The minimum absolute atomic E-state index is 0.144. The molecule has 0 fully saturated rings. The van der Waals surface area contributed by atoms with Crippen LogP contribution in [0.1, 0.15) is 27.7 Å². The third-order valence-corrected chi connectivity index (χ3v) is 3.63. The maximum atomic E-state index is 12.1. The summed E-state index contributed by atoms with van der Waals surface area (Å²) in [5.74, 6) is -3.93. The van der Waals surface area contributed by atoms with E-state index in [-0.39, 0.29) is 5.92 Å². The summed E-state index contributed by atoms with van der Waals surface area (Å²) >= 11 is 0. The third kappa shape index (κ3) is 7.33. The van der Waals surface area contributed by atoms with E-state index in [0.29, 0.717) is 0 Å². The summed E-state index contributed by atoms with van der Waals surface area (Å²) in [5, 5.41) is 34.1. The van der Waals surface area contributed by atoms with Crippen LogP contribution in [0.2, 0.25) is 0 Å². The molecule has 3 amide bonds. The van der Waals surface area contributed by atoms with Gasteiger partial charge in [0.25, 0.3) is 0 Å². The zero-order chi connectivity index (χ0) is 20.6. The number of nitrogens with two attached hydrogens (primary N) is 1. The van der Waals surface area contributed by atoms with Crippen LogP contribution >= 0.6 is 0 Å². The fourth-order valence-electron chi connectivity index (χ4n) is 1.81. The summed E-state index contributed by atoms with van der Waals surface area (Å²) in [4.78, 5) is 46.9.